The SMILES string of the molecule is C#CCn1c(=NC(=O)c2cccc(NS(=O)(=O)c3ccc(F)cc3)c2)sc2ccccc21. The van der Waals surface area contributed by atoms with Crippen molar-refractivity contribution in [3.8, 4) is 12.3 Å². The number of carbonyl (C=O) groups is 1. The van der Waals surface area contributed by atoms with Crippen molar-refractivity contribution in [1.82, 2.24) is 4.57 Å². The topological polar surface area (TPSA) is 80.5 Å². The predicted molar refractivity (Wildman–Crippen MR) is 122 cm³/mol. The fourth-order valence-electron chi connectivity index (χ4n) is 3.05. The molecule has 0 radical (unpaired) electrons. The Balaban J connectivity index is 1.66. The summed E-state index contributed by atoms with van der Waals surface area (Å²) < 4.78 is 43.3. The smallest absolute Gasteiger partial charge is 0.279 e. The molecule has 0 bridgehead atoms. The molecule has 9 heteroatoms. The van der Waals surface area contributed by atoms with Gasteiger partial charge in [0.25, 0.3) is 15.9 Å². The molecular formula is C23H16FN3O3S2. The molecule has 0 saturated heterocycles. The van der Waals surface area contributed by atoms with Crippen LogP contribution >= 0.6 is 11.3 Å². The fraction of sp³-hybridized carbons (Fsp3) is 0.0435. The highest BCUT2D eigenvalue weighted by Crippen LogP contribution is 2.19. The third-order valence-electron chi connectivity index (χ3n) is 4.52. The fourth-order valence-corrected chi connectivity index (χ4v) is 5.12. The molecule has 4 aromatic rings. The number of nitrogens with one attached hydrogen (secondary N) is 1. The monoisotopic (exact) mass is 465 g/mol. The Morgan fingerprint density at radius 1 is 1.09 bits per heavy atom. The number of terminal acetylenes is 1. The Morgan fingerprint density at radius 2 is 1.84 bits per heavy atom. The average molecular weight is 466 g/mol. The lowest BCUT2D eigenvalue weighted by Crippen LogP contribution is -2.17. The maximum atomic E-state index is 13.1. The zero-order valence-corrected chi connectivity index (χ0v) is 18.2. The molecule has 32 heavy (non-hydrogen) atoms. The number of aromatic nitrogens is 1. The molecule has 0 aliphatic heterocycles. The van der Waals surface area contributed by atoms with Gasteiger partial charge in [-0.3, -0.25) is 9.52 Å². The minimum Gasteiger partial charge on any atom is -0.305 e. The van der Waals surface area contributed by atoms with Crippen molar-refractivity contribution in [3.63, 3.8) is 0 Å². The van der Waals surface area contributed by atoms with Gasteiger partial charge in [-0.25, -0.2) is 12.8 Å². The van der Waals surface area contributed by atoms with Gasteiger partial charge in [0.15, 0.2) is 4.80 Å². The number of sulfonamides is 1. The van der Waals surface area contributed by atoms with Crippen molar-refractivity contribution < 1.29 is 17.6 Å². The van der Waals surface area contributed by atoms with E-state index in [1.807, 2.05) is 24.3 Å². The minimum absolute atomic E-state index is 0.0964. The molecule has 4 rings (SSSR count). The van der Waals surface area contributed by atoms with Crippen molar-refractivity contribution in [1.29, 1.82) is 0 Å². The number of hydrogen-bond acceptors (Lipinski definition) is 4. The number of anilines is 1. The van der Waals surface area contributed by atoms with Crippen molar-refractivity contribution in [2.45, 2.75) is 11.4 Å². The van der Waals surface area contributed by atoms with E-state index in [1.165, 1.54) is 23.5 Å². The Labute approximate surface area is 187 Å². The summed E-state index contributed by atoms with van der Waals surface area (Å²) >= 11 is 1.34. The molecule has 0 aliphatic carbocycles. The summed E-state index contributed by atoms with van der Waals surface area (Å²) in [7, 11) is -3.95. The van der Waals surface area contributed by atoms with Crippen molar-refractivity contribution in [3.05, 3.63) is 89.0 Å². The van der Waals surface area contributed by atoms with Gasteiger partial charge in [0, 0.05) is 11.3 Å². The number of rotatable bonds is 5. The van der Waals surface area contributed by atoms with Gasteiger partial charge in [-0.05, 0) is 54.6 Å². The molecule has 0 atom stereocenters. The molecule has 0 unspecified atom stereocenters. The average Bonchev–Trinajstić information content (AvgIpc) is 3.11. The van der Waals surface area contributed by atoms with Gasteiger partial charge in [-0.15, -0.1) is 6.42 Å². The first kappa shape index (κ1) is 21.5. The van der Waals surface area contributed by atoms with Crippen molar-refractivity contribution in [2.75, 3.05) is 4.72 Å². The molecule has 1 N–H and O–H groups in total. The summed E-state index contributed by atoms with van der Waals surface area (Å²) in [4.78, 5) is 17.4. The number of hydrogen-bond donors (Lipinski definition) is 1. The van der Waals surface area contributed by atoms with Crippen molar-refractivity contribution in [2.24, 2.45) is 4.99 Å². The number of carbonyl (C=O) groups excluding carboxylic acids is 1. The maximum absolute atomic E-state index is 13.1. The summed E-state index contributed by atoms with van der Waals surface area (Å²) in [6, 6.07) is 18.0. The van der Waals surface area contributed by atoms with E-state index in [0.29, 0.717) is 4.80 Å². The van der Waals surface area contributed by atoms with Crippen LogP contribution in [0.3, 0.4) is 0 Å². The molecule has 6 nitrogen and oxygen atoms in total. The molecule has 1 aromatic heterocycles. The van der Waals surface area contributed by atoms with Gasteiger partial charge in [0.2, 0.25) is 0 Å². The van der Waals surface area contributed by atoms with Crippen LogP contribution in [0.15, 0.2) is 82.7 Å². The summed E-state index contributed by atoms with van der Waals surface area (Å²) in [5.41, 5.74) is 1.26. The van der Waals surface area contributed by atoms with E-state index < -0.39 is 21.7 Å². The number of nitrogens with zero attached hydrogens (tertiary/aromatic N) is 2. The second-order valence-corrected chi connectivity index (χ2v) is 9.39. The molecule has 1 amide bonds. The van der Waals surface area contributed by atoms with Gasteiger partial charge in [-0.2, -0.15) is 4.99 Å². The molecule has 0 saturated carbocycles. The first-order chi connectivity index (χ1) is 15.4. The van der Waals surface area contributed by atoms with Gasteiger partial charge in [0.05, 0.1) is 21.7 Å². The Morgan fingerprint density at radius 3 is 2.59 bits per heavy atom. The van der Waals surface area contributed by atoms with Crippen LogP contribution in [0, 0.1) is 18.2 Å². The lowest BCUT2D eigenvalue weighted by Gasteiger charge is -2.08. The van der Waals surface area contributed by atoms with Gasteiger partial charge in [0.1, 0.15) is 5.82 Å². The van der Waals surface area contributed by atoms with Crippen LogP contribution in [0.5, 0.6) is 0 Å². The van der Waals surface area contributed by atoms with Crippen LogP contribution in [0.2, 0.25) is 0 Å². The summed E-state index contributed by atoms with van der Waals surface area (Å²) in [6.45, 7) is 0.258. The number of para-hydroxylation sites is 1. The first-order valence-electron chi connectivity index (χ1n) is 9.37. The molecule has 1 heterocycles. The van der Waals surface area contributed by atoms with Crippen LogP contribution in [0.1, 0.15) is 10.4 Å². The van der Waals surface area contributed by atoms with Gasteiger partial charge in [-0.1, -0.05) is 35.5 Å². The van der Waals surface area contributed by atoms with E-state index in [4.69, 9.17) is 6.42 Å². The van der Waals surface area contributed by atoms with Crippen molar-refractivity contribution >= 4 is 43.2 Å². The zero-order valence-electron chi connectivity index (χ0n) is 16.5. The van der Waals surface area contributed by atoms with Crippen LogP contribution in [0.25, 0.3) is 10.2 Å². The van der Waals surface area contributed by atoms with Crippen LogP contribution in [0.4, 0.5) is 10.1 Å². The van der Waals surface area contributed by atoms with E-state index in [-0.39, 0.29) is 22.7 Å². The standard InChI is InChI=1S/C23H16FN3O3S2/c1-2-14-27-20-8-3-4-9-21(20)31-23(27)25-22(28)16-6-5-7-18(15-16)26-32(29,30)19-12-10-17(24)11-13-19/h1,3-13,15,26H,14H2. The minimum atomic E-state index is -3.95. The van der Waals surface area contributed by atoms with Crippen LogP contribution in [-0.4, -0.2) is 18.9 Å². The van der Waals surface area contributed by atoms with E-state index in [9.17, 15) is 17.6 Å². The molecular weight excluding hydrogens is 449 g/mol. The van der Waals surface area contributed by atoms with Crippen LogP contribution < -0.4 is 9.52 Å². The second-order valence-electron chi connectivity index (χ2n) is 6.70. The maximum Gasteiger partial charge on any atom is 0.279 e. The predicted octanol–water partition coefficient (Wildman–Crippen LogP) is 4.02. The van der Waals surface area contributed by atoms with E-state index in [2.05, 4.69) is 15.6 Å². The van der Waals surface area contributed by atoms with E-state index >= 15 is 0 Å². The van der Waals surface area contributed by atoms with E-state index in [1.54, 1.807) is 16.7 Å². The Hall–Kier alpha value is -3.74. The summed E-state index contributed by atoms with van der Waals surface area (Å²) in [6.07, 6.45) is 5.48. The molecule has 3 aromatic carbocycles. The largest absolute Gasteiger partial charge is 0.305 e. The summed E-state index contributed by atoms with van der Waals surface area (Å²) in [5, 5.41) is 0. The lowest BCUT2D eigenvalue weighted by atomic mass is 10.2. The normalized spacial score (nSPS) is 11.9. The van der Waals surface area contributed by atoms with Crippen LogP contribution in [-0.2, 0) is 16.6 Å². The zero-order chi connectivity index (χ0) is 22.7. The molecule has 0 fully saturated rings. The third kappa shape index (κ3) is 4.46. The number of halogens is 1. The quantitative estimate of drug-likeness (QED) is 0.452. The van der Waals surface area contributed by atoms with Gasteiger partial charge < -0.3 is 4.57 Å². The lowest BCUT2D eigenvalue weighted by molar-refractivity contribution is 0.0998. The Bertz CT molecular complexity index is 1530. The molecule has 160 valence electrons. The highest BCUT2D eigenvalue weighted by atomic mass is 32.2. The third-order valence-corrected chi connectivity index (χ3v) is 6.98. The first-order valence-corrected chi connectivity index (χ1v) is 11.7. The highest BCUT2D eigenvalue weighted by molar-refractivity contribution is 7.92. The van der Waals surface area contributed by atoms with E-state index in [0.717, 1.165) is 34.5 Å². The Kier molecular flexibility index (Phi) is 5.90. The number of amides is 1. The van der Waals surface area contributed by atoms with Gasteiger partial charge >= 0.3 is 0 Å². The summed E-state index contributed by atoms with van der Waals surface area (Å²) in [5.74, 6) is 1.49. The number of fused-ring (bicyclic) bond motifs is 1. The molecule has 0 aliphatic rings. The number of benzene rings is 3. The second kappa shape index (κ2) is 8.78. The highest BCUT2D eigenvalue weighted by Gasteiger charge is 2.15. The number of thiazole rings is 1. The molecule has 0 spiro atoms.